The van der Waals surface area contributed by atoms with Crippen LogP contribution in [0.3, 0.4) is 0 Å². The van der Waals surface area contributed by atoms with Crippen LogP contribution in [-0.4, -0.2) is 14.8 Å². The molecule has 4 nitrogen and oxygen atoms in total. The second-order valence-electron chi connectivity index (χ2n) is 6.24. The fraction of sp³-hybridized carbons (Fsp3) is 0.800. The summed E-state index contributed by atoms with van der Waals surface area (Å²) in [6.07, 6.45) is 9.29. The van der Waals surface area contributed by atoms with E-state index in [1.807, 2.05) is 4.68 Å². The highest BCUT2D eigenvalue weighted by Crippen LogP contribution is 2.37. The first-order valence-electron chi connectivity index (χ1n) is 7.43. The highest BCUT2D eigenvalue weighted by molar-refractivity contribution is 5.06. The van der Waals surface area contributed by atoms with E-state index in [-0.39, 0.29) is 5.41 Å². The molecule has 0 saturated heterocycles. The third-order valence-corrected chi connectivity index (χ3v) is 4.03. The number of nitrogens with zero attached hydrogens (tertiary/aromatic N) is 4. The Labute approximate surface area is 115 Å². The van der Waals surface area contributed by atoms with Gasteiger partial charge in [0.25, 0.3) is 0 Å². The van der Waals surface area contributed by atoms with E-state index in [1.165, 1.54) is 25.7 Å². The van der Waals surface area contributed by atoms with Gasteiger partial charge in [-0.3, -0.25) is 0 Å². The van der Waals surface area contributed by atoms with E-state index < -0.39 is 0 Å². The van der Waals surface area contributed by atoms with Crippen LogP contribution in [0.4, 0.5) is 0 Å². The molecule has 4 heteroatoms. The van der Waals surface area contributed by atoms with Gasteiger partial charge in [0.1, 0.15) is 12.2 Å². The molecule has 1 aromatic heterocycles. The summed E-state index contributed by atoms with van der Waals surface area (Å²) in [4.78, 5) is 4.39. The molecule has 0 N–H and O–H groups in total. The standard InChI is InChI=1S/C15H24N4/c1-13(2)10-19-14(17-12-18-19)9-15(11-16)7-5-3-4-6-8-15/h12-13H,3-10H2,1-2H3. The molecule has 1 fully saturated rings. The lowest BCUT2D eigenvalue weighted by molar-refractivity contribution is 0.320. The van der Waals surface area contributed by atoms with Gasteiger partial charge in [-0.1, -0.05) is 39.5 Å². The van der Waals surface area contributed by atoms with Gasteiger partial charge in [-0.25, -0.2) is 9.67 Å². The summed E-state index contributed by atoms with van der Waals surface area (Å²) in [5.74, 6) is 1.53. The van der Waals surface area contributed by atoms with Gasteiger partial charge < -0.3 is 0 Å². The monoisotopic (exact) mass is 260 g/mol. The lowest BCUT2D eigenvalue weighted by Crippen LogP contribution is -2.24. The van der Waals surface area contributed by atoms with E-state index in [0.717, 1.165) is 31.6 Å². The van der Waals surface area contributed by atoms with Crippen LogP contribution >= 0.6 is 0 Å². The summed E-state index contributed by atoms with van der Waals surface area (Å²) in [5, 5.41) is 13.9. The molecular weight excluding hydrogens is 236 g/mol. The number of rotatable bonds is 4. The van der Waals surface area contributed by atoms with E-state index in [1.54, 1.807) is 6.33 Å². The molecule has 1 aromatic rings. The van der Waals surface area contributed by atoms with Gasteiger partial charge in [0.15, 0.2) is 0 Å². The summed E-state index contributed by atoms with van der Waals surface area (Å²) in [7, 11) is 0. The third kappa shape index (κ3) is 3.56. The molecule has 104 valence electrons. The number of aromatic nitrogens is 3. The van der Waals surface area contributed by atoms with Crippen molar-refractivity contribution in [1.82, 2.24) is 14.8 Å². The van der Waals surface area contributed by atoms with Crippen molar-refractivity contribution in [3.05, 3.63) is 12.2 Å². The van der Waals surface area contributed by atoms with Gasteiger partial charge >= 0.3 is 0 Å². The molecule has 0 unspecified atom stereocenters. The molecule has 0 amide bonds. The maximum atomic E-state index is 9.63. The van der Waals surface area contributed by atoms with E-state index in [0.29, 0.717) is 5.92 Å². The summed E-state index contributed by atoms with van der Waals surface area (Å²) in [5.41, 5.74) is -0.210. The van der Waals surface area contributed by atoms with Crippen molar-refractivity contribution >= 4 is 0 Å². The zero-order chi connectivity index (χ0) is 13.7. The van der Waals surface area contributed by atoms with Crippen LogP contribution in [0.2, 0.25) is 0 Å². The third-order valence-electron chi connectivity index (χ3n) is 4.03. The molecule has 19 heavy (non-hydrogen) atoms. The molecule has 1 heterocycles. The number of hydrogen-bond acceptors (Lipinski definition) is 3. The van der Waals surface area contributed by atoms with Crippen molar-refractivity contribution in [3.8, 4) is 6.07 Å². The fourth-order valence-electron chi connectivity index (χ4n) is 2.96. The van der Waals surface area contributed by atoms with E-state index in [2.05, 4.69) is 30.0 Å². The first-order chi connectivity index (χ1) is 9.15. The predicted molar refractivity (Wildman–Crippen MR) is 74.3 cm³/mol. The molecule has 0 radical (unpaired) electrons. The first kappa shape index (κ1) is 14.0. The zero-order valence-electron chi connectivity index (χ0n) is 12.1. The molecule has 0 atom stereocenters. The Balaban J connectivity index is 2.14. The van der Waals surface area contributed by atoms with Crippen LogP contribution in [0.15, 0.2) is 6.33 Å². The Kier molecular flexibility index (Phi) is 4.57. The topological polar surface area (TPSA) is 54.5 Å². The lowest BCUT2D eigenvalue weighted by atomic mass is 9.78. The van der Waals surface area contributed by atoms with E-state index >= 15 is 0 Å². The van der Waals surface area contributed by atoms with Crippen molar-refractivity contribution in [3.63, 3.8) is 0 Å². The molecule has 0 aliphatic heterocycles. The summed E-state index contributed by atoms with van der Waals surface area (Å²) < 4.78 is 1.98. The van der Waals surface area contributed by atoms with Gasteiger partial charge in [-0.15, -0.1) is 0 Å². The van der Waals surface area contributed by atoms with Gasteiger partial charge in [0.05, 0.1) is 11.5 Å². The van der Waals surface area contributed by atoms with Crippen LogP contribution in [-0.2, 0) is 13.0 Å². The number of nitriles is 1. The molecule has 1 aliphatic carbocycles. The van der Waals surface area contributed by atoms with Gasteiger partial charge in [-0.2, -0.15) is 10.4 Å². The lowest BCUT2D eigenvalue weighted by Gasteiger charge is -2.24. The summed E-state index contributed by atoms with van der Waals surface area (Å²) in [6.45, 7) is 5.24. The van der Waals surface area contributed by atoms with Crippen molar-refractivity contribution in [1.29, 1.82) is 5.26 Å². The second-order valence-corrected chi connectivity index (χ2v) is 6.24. The minimum Gasteiger partial charge on any atom is -0.250 e. The minimum absolute atomic E-state index is 0.210. The Bertz CT molecular complexity index is 433. The van der Waals surface area contributed by atoms with Crippen molar-refractivity contribution < 1.29 is 0 Å². The Morgan fingerprint density at radius 1 is 1.32 bits per heavy atom. The normalized spacial score (nSPS) is 19.1. The molecule has 0 spiro atoms. The SMILES string of the molecule is CC(C)Cn1ncnc1CC1(C#N)CCCCCC1. The molecule has 1 aliphatic rings. The maximum Gasteiger partial charge on any atom is 0.138 e. The van der Waals surface area contributed by atoms with Gasteiger partial charge in [-0.05, 0) is 18.8 Å². The van der Waals surface area contributed by atoms with Crippen molar-refractivity contribution in [2.24, 2.45) is 11.3 Å². The summed E-state index contributed by atoms with van der Waals surface area (Å²) >= 11 is 0. The first-order valence-corrected chi connectivity index (χ1v) is 7.43. The van der Waals surface area contributed by atoms with E-state index in [9.17, 15) is 5.26 Å². The molecule has 1 saturated carbocycles. The zero-order valence-corrected chi connectivity index (χ0v) is 12.1. The maximum absolute atomic E-state index is 9.63. The average Bonchev–Trinajstić information content (AvgIpc) is 2.65. The van der Waals surface area contributed by atoms with Crippen LogP contribution in [0.5, 0.6) is 0 Å². The summed E-state index contributed by atoms with van der Waals surface area (Å²) in [6, 6.07) is 2.60. The second kappa shape index (κ2) is 6.18. The highest BCUT2D eigenvalue weighted by atomic mass is 15.3. The highest BCUT2D eigenvalue weighted by Gasteiger charge is 2.32. The van der Waals surface area contributed by atoms with Crippen LogP contribution in [0.25, 0.3) is 0 Å². The average molecular weight is 260 g/mol. The Hall–Kier alpha value is -1.37. The van der Waals surface area contributed by atoms with Gasteiger partial charge in [0, 0.05) is 13.0 Å². The fourth-order valence-corrected chi connectivity index (χ4v) is 2.96. The predicted octanol–water partition coefficient (Wildman–Crippen LogP) is 3.34. The van der Waals surface area contributed by atoms with Crippen molar-refractivity contribution in [2.45, 2.75) is 65.3 Å². The molecule has 0 bridgehead atoms. The van der Waals surface area contributed by atoms with Crippen LogP contribution in [0.1, 0.15) is 58.2 Å². The molecular formula is C15H24N4. The minimum atomic E-state index is -0.210. The Morgan fingerprint density at radius 3 is 2.58 bits per heavy atom. The number of hydrogen-bond donors (Lipinski definition) is 0. The smallest absolute Gasteiger partial charge is 0.138 e. The van der Waals surface area contributed by atoms with Gasteiger partial charge in [0.2, 0.25) is 0 Å². The Morgan fingerprint density at radius 2 is 2.00 bits per heavy atom. The van der Waals surface area contributed by atoms with Crippen LogP contribution < -0.4 is 0 Å². The van der Waals surface area contributed by atoms with Crippen LogP contribution in [0, 0.1) is 22.7 Å². The quantitative estimate of drug-likeness (QED) is 0.780. The largest absolute Gasteiger partial charge is 0.250 e. The molecule has 2 rings (SSSR count). The van der Waals surface area contributed by atoms with Crippen molar-refractivity contribution in [2.75, 3.05) is 0 Å². The van der Waals surface area contributed by atoms with E-state index in [4.69, 9.17) is 0 Å². The molecule has 0 aromatic carbocycles.